The van der Waals surface area contributed by atoms with E-state index < -0.39 is 28.9 Å². The zero-order valence-corrected chi connectivity index (χ0v) is 12.1. The predicted octanol–water partition coefficient (Wildman–Crippen LogP) is 1.74. The molecule has 122 valence electrons. The van der Waals surface area contributed by atoms with E-state index in [1.54, 1.807) is 6.07 Å². The average Bonchev–Trinajstić information content (AvgIpc) is 2.53. The number of hydrogen-bond donors (Lipinski definition) is 1. The fourth-order valence-corrected chi connectivity index (χ4v) is 2.44. The Bertz CT molecular complexity index is 665. The van der Waals surface area contributed by atoms with Crippen molar-refractivity contribution in [2.45, 2.75) is 25.3 Å². The van der Waals surface area contributed by atoms with Gasteiger partial charge in [-0.1, -0.05) is 0 Å². The summed E-state index contributed by atoms with van der Waals surface area (Å²) in [6, 6.07) is 3.19. The Kier molecular flexibility index (Phi) is 5.21. The van der Waals surface area contributed by atoms with Gasteiger partial charge in [0.25, 0.3) is 5.91 Å². The molecular formula is C15H14F3N3O2. The Morgan fingerprint density at radius 1 is 1.22 bits per heavy atom. The summed E-state index contributed by atoms with van der Waals surface area (Å²) in [5.74, 6) is -5.63. The summed E-state index contributed by atoms with van der Waals surface area (Å²) in [5, 5.41) is 11.1. The molecule has 2 rings (SSSR count). The first-order chi connectivity index (χ1) is 10.9. The number of likely N-dealkylation sites (tertiary alicyclic amines) is 1. The number of rotatable bonds is 3. The summed E-state index contributed by atoms with van der Waals surface area (Å²) in [7, 11) is 0. The van der Waals surface area contributed by atoms with Crippen molar-refractivity contribution in [2.75, 3.05) is 13.1 Å². The van der Waals surface area contributed by atoms with Gasteiger partial charge in [-0.3, -0.25) is 9.59 Å². The summed E-state index contributed by atoms with van der Waals surface area (Å²) in [6.45, 7) is 0.490. The Morgan fingerprint density at radius 2 is 1.87 bits per heavy atom. The second-order valence-corrected chi connectivity index (χ2v) is 5.19. The maximum atomic E-state index is 13.7. The molecule has 1 N–H and O–H groups in total. The van der Waals surface area contributed by atoms with Crippen molar-refractivity contribution in [3.63, 3.8) is 0 Å². The van der Waals surface area contributed by atoms with Crippen molar-refractivity contribution in [2.24, 2.45) is 0 Å². The minimum atomic E-state index is -1.67. The van der Waals surface area contributed by atoms with E-state index in [2.05, 4.69) is 5.32 Å². The van der Waals surface area contributed by atoms with Gasteiger partial charge in [-0.2, -0.15) is 5.26 Å². The number of piperidine rings is 1. The molecule has 0 spiro atoms. The van der Waals surface area contributed by atoms with E-state index in [9.17, 15) is 22.8 Å². The van der Waals surface area contributed by atoms with Crippen LogP contribution in [-0.4, -0.2) is 35.8 Å². The monoisotopic (exact) mass is 325 g/mol. The number of nitrogens with one attached hydrogen (secondary N) is 1. The van der Waals surface area contributed by atoms with Crippen molar-refractivity contribution in [1.82, 2.24) is 10.2 Å². The number of halogens is 3. The van der Waals surface area contributed by atoms with E-state index in [0.717, 1.165) is 6.07 Å². The SMILES string of the molecule is N#CCC(=O)NC1CCN(C(=O)c2ccc(F)c(F)c2F)CC1. The van der Waals surface area contributed by atoms with Crippen LogP contribution in [0, 0.1) is 28.8 Å². The van der Waals surface area contributed by atoms with Crippen LogP contribution in [0.15, 0.2) is 12.1 Å². The van der Waals surface area contributed by atoms with Crippen LogP contribution >= 0.6 is 0 Å². The molecule has 0 aliphatic carbocycles. The third kappa shape index (κ3) is 3.80. The third-order valence-electron chi connectivity index (χ3n) is 3.65. The summed E-state index contributed by atoms with van der Waals surface area (Å²) < 4.78 is 39.8. The quantitative estimate of drug-likeness (QED) is 0.860. The highest BCUT2D eigenvalue weighted by Crippen LogP contribution is 2.19. The van der Waals surface area contributed by atoms with Crippen molar-refractivity contribution in [3.05, 3.63) is 35.1 Å². The van der Waals surface area contributed by atoms with Gasteiger partial charge in [0.15, 0.2) is 17.5 Å². The molecule has 0 aromatic heterocycles. The van der Waals surface area contributed by atoms with Gasteiger partial charge >= 0.3 is 0 Å². The molecule has 1 aromatic carbocycles. The lowest BCUT2D eigenvalue weighted by molar-refractivity contribution is -0.121. The molecule has 8 heteroatoms. The lowest BCUT2D eigenvalue weighted by atomic mass is 10.0. The number of carbonyl (C=O) groups excluding carboxylic acids is 2. The number of amides is 2. The van der Waals surface area contributed by atoms with Gasteiger partial charge in [-0.25, -0.2) is 13.2 Å². The Labute approximate surface area is 130 Å². The van der Waals surface area contributed by atoms with Crippen LogP contribution < -0.4 is 5.32 Å². The fraction of sp³-hybridized carbons (Fsp3) is 0.400. The normalized spacial score (nSPS) is 15.1. The molecule has 0 radical (unpaired) electrons. The molecule has 0 atom stereocenters. The van der Waals surface area contributed by atoms with Crippen LogP contribution in [0.5, 0.6) is 0 Å². The van der Waals surface area contributed by atoms with Crippen LogP contribution in [0.3, 0.4) is 0 Å². The van der Waals surface area contributed by atoms with Gasteiger partial charge in [-0.05, 0) is 25.0 Å². The molecule has 0 saturated carbocycles. The van der Waals surface area contributed by atoms with Crippen molar-refractivity contribution in [3.8, 4) is 6.07 Å². The topological polar surface area (TPSA) is 73.2 Å². The second-order valence-electron chi connectivity index (χ2n) is 5.19. The zero-order valence-electron chi connectivity index (χ0n) is 12.1. The molecule has 1 aliphatic rings. The minimum Gasteiger partial charge on any atom is -0.352 e. The van der Waals surface area contributed by atoms with Gasteiger partial charge in [0, 0.05) is 19.1 Å². The molecule has 23 heavy (non-hydrogen) atoms. The molecule has 1 saturated heterocycles. The Hall–Kier alpha value is -2.56. The van der Waals surface area contributed by atoms with Gasteiger partial charge in [0.05, 0.1) is 11.6 Å². The van der Waals surface area contributed by atoms with Crippen molar-refractivity contribution >= 4 is 11.8 Å². The number of carbonyl (C=O) groups is 2. The van der Waals surface area contributed by atoms with Crippen LogP contribution in [-0.2, 0) is 4.79 Å². The zero-order chi connectivity index (χ0) is 17.0. The van der Waals surface area contributed by atoms with Gasteiger partial charge in [0.2, 0.25) is 5.91 Å². The summed E-state index contributed by atoms with van der Waals surface area (Å²) in [4.78, 5) is 24.8. The minimum absolute atomic E-state index is 0.172. The molecule has 1 aromatic rings. The molecule has 1 aliphatic heterocycles. The first kappa shape index (κ1) is 16.8. The Morgan fingerprint density at radius 3 is 2.48 bits per heavy atom. The standard InChI is InChI=1S/C15H14F3N3O2/c16-11-2-1-10(13(17)14(11)18)15(23)21-7-4-9(5-8-21)20-12(22)3-6-19/h1-2,9H,3-5,7-8H2,(H,20,22). The van der Waals surface area contributed by atoms with Crippen LogP contribution in [0.2, 0.25) is 0 Å². The molecule has 1 heterocycles. The summed E-state index contributed by atoms with van der Waals surface area (Å²) in [5.41, 5.74) is -0.518. The molecular weight excluding hydrogens is 311 g/mol. The molecule has 2 amide bonds. The molecule has 0 bridgehead atoms. The van der Waals surface area contributed by atoms with Gasteiger partial charge < -0.3 is 10.2 Å². The van der Waals surface area contributed by atoms with Crippen LogP contribution in [0.4, 0.5) is 13.2 Å². The van der Waals surface area contributed by atoms with Crippen LogP contribution in [0.25, 0.3) is 0 Å². The molecule has 0 unspecified atom stereocenters. The van der Waals surface area contributed by atoms with Gasteiger partial charge in [-0.15, -0.1) is 0 Å². The van der Waals surface area contributed by atoms with E-state index in [4.69, 9.17) is 5.26 Å². The first-order valence-corrected chi connectivity index (χ1v) is 7.03. The van der Waals surface area contributed by atoms with Crippen molar-refractivity contribution in [1.29, 1.82) is 5.26 Å². The molecule has 5 nitrogen and oxygen atoms in total. The largest absolute Gasteiger partial charge is 0.352 e. The predicted molar refractivity (Wildman–Crippen MR) is 73.6 cm³/mol. The van der Waals surface area contributed by atoms with Crippen molar-refractivity contribution < 1.29 is 22.8 Å². The second kappa shape index (κ2) is 7.13. The maximum absolute atomic E-state index is 13.7. The number of benzene rings is 1. The number of hydrogen-bond acceptors (Lipinski definition) is 3. The fourth-order valence-electron chi connectivity index (χ4n) is 2.44. The highest BCUT2D eigenvalue weighted by Gasteiger charge is 2.27. The van der Waals surface area contributed by atoms with E-state index in [1.165, 1.54) is 4.90 Å². The lowest BCUT2D eigenvalue weighted by Crippen LogP contribution is -2.46. The smallest absolute Gasteiger partial charge is 0.256 e. The highest BCUT2D eigenvalue weighted by atomic mass is 19.2. The number of nitrogens with zero attached hydrogens (tertiary/aromatic N) is 2. The summed E-state index contributed by atoms with van der Waals surface area (Å²) in [6.07, 6.45) is 0.640. The van der Waals surface area contributed by atoms with E-state index >= 15 is 0 Å². The average molecular weight is 325 g/mol. The molecule has 1 fully saturated rings. The third-order valence-corrected chi connectivity index (χ3v) is 3.65. The first-order valence-electron chi connectivity index (χ1n) is 7.03. The lowest BCUT2D eigenvalue weighted by Gasteiger charge is -2.32. The van der Waals surface area contributed by atoms with Gasteiger partial charge in [0.1, 0.15) is 6.42 Å². The highest BCUT2D eigenvalue weighted by molar-refractivity contribution is 5.94. The Balaban J connectivity index is 1.98. The van der Waals surface area contributed by atoms with E-state index in [-0.39, 0.29) is 31.5 Å². The van der Waals surface area contributed by atoms with E-state index in [1.807, 2.05) is 0 Å². The maximum Gasteiger partial charge on any atom is 0.256 e. The van der Waals surface area contributed by atoms with E-state index in [0.29, 0.717) is 18.9 Å². The van der Waals surface area contributed by atoms with Crippen LogP contribution in [0.1, 0.15) is 29.6 Å². The summed E-state index contributed by atoms with van der Waals surface area (Å²) >= 11 is 0. The number of nitriles is 1.